The van der Waals surface area contributed by atoms with Gasteiger partial charge in [0, 0.05) is 12.0 Å². The molecule has 2 fully saturated rings. The zero-order valence-corrected chi connectivity index (χ0v) is 14.7. The Labute approximate surface area is 153 Å². The highest BCUT2D eigenvalue weighted by molar-refractivity contribution is 7.91. The lowest BCUT2D eigenvalue weighted by atomic mass is 10.1. The molecular weight excluding hydrogens is 403 g/mol. The summed E-state index contributed by atoms with van der Waals surface area (Å²) in [7, 11) is -1.88. The molecule has 0 spiro atoms. The van der Waals surface area contributed by atoms with E-state index >= 15 is 0 Å². The van der Waals surface area contributed by atoms with Crippen molar-refractivity contribution in [2.75, 3.05) is 12.4 Å². The van der Waals surface area contributed by atoms with Crippen molar-refractivity contribution < 1.29 is 38.1 Å². The normalized spacial score (nSPS) is 28.0. The van der Waals surface area contributed by atoms with E-state index in [0.29, 0.717) is 5.06 Å². The van der Waals surface area contributed by atoms with E-state index in [2.05, 4.69) is 5.32 Å². The van der Waals surface area contributed by atoms with E-state index in [1.165, 1.54) is 0 Å². The van der Waals surface area contributed by atoms with Gasteiger partial charge in [-0.3, -0.25) is 23.4 Å². The number of amides is 2. The van der Waals surface area contributed by atoms with Crippen LogP contribution in [0.2, 0.25) is 0 Å². The molecule has 2 amide bonds. The number of rotatable bonds is 6. The Kier molecular flexibility index (Phi) is 6.03. The molecule has 13 heteroatoms. The Morgan fingerprint density at radius 1 is 1.48 bits per heavy atom. The monoisotopic (exact) mass is 414 g/mol. The summed E-state index contributed by atoms with van der Waals surface area (Å²) in [5, 5.41) is 12.0. The first-order valence-corrected chi connectivity index (χ1v) is 8.90. The number of ether oxygens (including phenoxy) is 1. The third kappa shape index (κ3) is 3.94. The maximum absolute atomic E-state index is 12.3. The van der Waals surface area contributed by atoms with Crippen molar-refractivity contribution in [2.24, 2.45) is 0 Å². The van der Waals surface area contributed by atoms with Gasteiger partial charge in [0.2, 0.25) is 5.91 Å². The summed E-state index contributed by atoms with van der Waals surface area (Å²) in [6.45, 7) is -0.372. The van der Waals surface area contributed by atoms with Gasteiger partial charge in [-0.2, -0.15) is 5.06 Å². The zero-order valence-electron chi connectivity index (χ0n) is 12.4. The molecule has 0 radical (unpaired) electrons. The summed E-state index contributed by atoms with van der Waals surface area (Å²) in [4.78, 5) is 51.9. The van der Waals surface area contributed by atoms with Crippen molar-refractivity contribution in [3.05, 3.63) is 9.90 Å². The van der Waals surface area contributed by atoms with E-state index in [1.54, 1.807) is 0 Å². The number of carboxylic acid groups (broad SMARTS) is 1. The van der Waals surface area contributed by atoms with Gasteiger partial charge in [0.25, 0.3) is 5.91 Å². The molecule has 2 N–H and O–H groups in total. The number of cyclic esters (lactones) is 1. The van der Waals surface area contributed by atoms with E-state index in [0.717, 1.165) is 5.54 Å². The van der Waals surface area contributed by atoms with Crippen LogP contribution in [0.3, 0.4) is 0 Å². The molecule has 25 heavy (non-hydrogen) atoms. The van der Waals surface area contributed by atoms with Gasteiger partial charge in [0.1, 0.15) is 22.8 Å². The van der Waals surface area contributed by atoms with E-state index in [1.807, 2.05) is 0 Å². The van der Waals surface area contributed by atoms with Crippen molar-refractivity contribution in [1.29, 1.82) is 0 Å². The number of hydrogen-bond donors (Lipinski definition) is 2. The van der Waals surface area contributed by atoms with Crippen LogP contribution in [-0.4, -0.2) is 62.3 Å². The third-order valence-electron chi connectivity index (χ3n) is 3.38. The van der Waals surface area contributed by atoms with Crippen LogP contribution in [0.1, 0.15) is 12.8 Å². The number of aliphatic carboxylic acids is 1. The predicted octanol–water partition coefficient (Wildman–Crippen LogP) is -0.612. The highest BCUT2D eigenvalue weighted by Crippen LogP contribution is 2.33. The number of nitrogens with zero attached hydrogens (tertiary/aromatic N) is 1. The molecular formula is C12H12Cl2N2O8S. The quantitative estimate of drug-likeness (QED) is 0.548. The highest BCUT2D eigenvalue weighted by atomic mass is 35.5. The van der Waals surface area contributed by atoms with Gasteiger partial charge in [-0.05, 0) is 0 Å². The molecule has 0 bridgehead atoms. The summed E-state index contributed by atoms with van der Waals surface area (Å²) in [6, 6.07) is -1.22. The Bertz CT molecular complexity index is 684. The highest BCUT2D eigenvalue weighted by Gasteiger charge is 2.59. The minimum Gasteiger partial charge on any atom is -0.477 e. The molecule has 2 aliphatic rings. The second-order valence-corrected chi connectivity index (χ2v) is 7.28. The van der Waals surface area contributed by atoms with Gasteiger partial charge >= 0.3 is 17.7 Å². The SMILES string of the molecule is O=C(CS(=O)C(Cl)=CCl)N[C@H]1CON(C2(C(=O)O)CCC(=O)O2)C1=O. The maximum atomic E-state index is 12.3. The van der Waals surface area contributed by atoms with Gasteiger partial charge in [0.15, 0.2) is 0 Å². The Morgan fingerprint density at radius 3 is 2.68 bits per heavy atom. The molecule has 138 valence electrons. The first kappa shape index (κ1) is 19.6. The number of hydroxylamine groups is 2. The molecule has 2 heterocycles. The van der Waals surface area contributed by atoms with E-state index in [9.17, 15) is 28.5 Å². The Morgan fingerprint density at radius 2 is 2.16 bits per heavy atom. The second kappa shape index (κ2) is 7.68. The lowest BCUT2D eigenvalue weighted by molar-refractivity contribution is -0.256. The first-order valence-electron chi connectivity index (χ1n) is 6.77. The van der Waals surface area contributed by atoms with Crippen molar-refractivity contribution in [3.63, 3.8) is 0 Å². The fraction of sp³-hybridized carbons (Fsp3) is 0.500. The summed E-state index contributed by atoms with van der Waals surface area (Å²) in [6.07, 6.45) is -0.480. The molecule has 0 aromatic carbocycles. The molecule has 2 aliphatic heterocycles. The van der Waals surface area contributed by atoms with Gasteiger partial charge in [-0.1, -0.05) is 23.2 Å². The molecule has 0 saturated carbocycles. The lowest BCUT2D eigenvalue weighted by Crippen LogP contribution is -2.56. The Hall–Kier alpha value is -1.69. The number of carbonyl (C=O) groups excluding carboxylic acids is 3. The average molecular weight is 415 g/mol. The van der Waals surface area contributed by atoms with Gasteiger partial charge in [-0.15, -0.1) is 0 Å². The lowest BCUT2D eigenvalue weighted by Gasteiger charge is -2.30. The smallest absolute Gasteiger partial charge is 0.372 e. The van der Waals surface area contributed by atoms with Crippen LogP contribution in [0.4, 0.5) is 0 Å². The van der Waals surface area contributed by atoms with Crippen molar-refractivity contribution in [2.45, 2.75) is 24.6 Å². The van der Waals surface area contributed by atoms with E-state index in [-0.39, 0.29) is 23.8 Å². The van der Waals surface area contributed by atoms with Crippen LogP contribution in [-0.2, 0) is 39.6 Å². The molecule has 0 aromatic rings. The minimum atomic E-state index is -2.26. The van der Waals surface area contributed by atoms with Gasteiger partial charge in [-0.25, -0.2) is 4.79 Å². The van der Waals surface area contributed by atoms with E-state index in [4.69, 9.17) is 32.8 Å². The summed E-state index contributed by atoms with van der Waals surface area (Å²) in [5.41, 5.74) is -1.41. The van der Waals surface area contributed by atoms with Crippen molar-refractivity contribution in [3.8, 4) is 0 Å². The number of carbonyl (C=O) groups is 4. The van der Waals surface area contributed by atoms with Gasteiger partial charge < -0.3 is 15.2 Å². The number of esters is 1. The van der Waals surface area contributed by atoms with Crippen LogP contribution < -0.4 is 5.32 Å². The number of hydrogen-bond acceptors (Lipinski definition) is 7. The molecule has 0 aromatic heterocycles. The first-order chi connectivity index (χ1) is 11.7. The molecule has 2 unspecified atom stereocenters. The minimum absolute atomic E-state index is 0.196. The number of nitrogens with one attached hydrogen (secondary N) is 1. The Balaban J connectivity index is 2.04. The standard InChI is InChI=1S/C12H12Cl2N2O8S/c13-3-7(14)25(22)5-8(17)15-6-4-23-16(10(6)19)12(11(20)21)2-1-9(18)24-12/h3,6H,1-2,4-5H2,(H,15,17)(H,20,21)/t6-,12?,25?/m0/s1. The summed E-state index contributed by atoms with van der Waals surface area (Å²) >= 11 is 10.8. The third-order valence-corrected chi connectivity index (χ3v) is 5.54. The largest absolute Gasteiger partial charge is 0.477 e. The van der Waals surface area contributed by atoms with Crippen molar-refractivity contribution >= 4 is 57.8 Å². The number of carboxylic acids is 1. The fourth-order valence-electron chi connectivity index (χ4n) is 2.23. The fourth-order valence-corrected chi connectivity index (χ4v) is 3.25. The van der Waals surface area contributed by atoms with Gasteiger partial charge in [0.05, 0.1) is 17.2 Å². The summed E-state index contributed by atoms with van der Waals surface area (Å²) in [5.74, 6) is -4.60. The summed E-state index contributed by atoms with van der Waals surface area (Å²) < 4.78 is 16.1. The second-order valence-electron chi connectivity index (χ2n) is 5.02. The van der Waals surface area contributed by atoms with Crippen LogP contribution in [0.25, 0.3) is 0 Å². The van der Waals surface area contributed by atoms with E-state index < -0.39 is 52.1 Å². The van der Waals surface area contributed by atoms with Crippen LogP contribution in [0, 0.1) is 0 Å². The molecule has 10 nitrogen and oxygen atoms in total. The predicted molar refractivity (Wildman–Crippen MR) is 83.2 cm³/mol. The van der Waals surface area contributed by atoms with Crippen LogP contribution >= 0.6 is 23.2 Å². The molecule has 2 saturated heterocycles. The van der Waals surface area contributed by atoms with Crippen LogP contribution in [0.15, 0.2) is 9.90 Å². The van der Waals surface area contributed by atoms with Crippen molar-refractivity contribution in [1.82, 2.24) is 10.4 Å². The van der Waals surface area contributed by atoms with Crippen LogP contribution in [0.5, 0.6) is 0 Å². The zero-order chi connectivity index (χ0) is 18.8. The average Bonchev–Trinajstić information content (AvgIpc) is 3.11. The molecule has 0 aliphatic carbocycles. The number of halogens is 2. The molecule has 3 atom stereocenters. The maximum Gasteiger partial charge on any atom is 0.372 e. The topological polar surface area (TPSA) is 139 Å². The molecule has 2 rings (SSSR count).